The van der Waals surface area contributed by atoms with E-state index in [1.165, 1.54) is 6.07 Å². The smallest absolute Gasteiger partial charge is 0.254 e. The highest BCUT2D eigenvalue weighted by Gasteiger charge is 2.51. The number of amides is 1. The Morgan fingerprint density at radius 3 is 2.70 bits per heavy atom. The molecule has 2 aliphatic rings. The fourth-order valence-corrected chi connectivity index (χ4v) is 3.62. The van der Waals surface area contributed by atoms with E-state index in [1.54, 1.807) is 4.90 Å². The molecule has 1 heterocycles. The van der Waals surface area contributed by atoms with Gasteiger partial charge in [-0.2, -0.15) is 0 Å². The molecule has 3 rings (SSSR count). The van der Waals surface area contributed by atoms with Crippen molar-refractivity contribution >= 4 is 5.91 Å². The average molecular weight is 279 g/mol. The number of halogens is 1. The van der Waals surface area contributed by atoms with Crippen LogP contribution in [0.1, 0.15) is 42.5 Å². The van der Waals surface area contributed by atoms with Gasteiger partial charge in [0.15, 0.2) is 11.6 Å². The zero-order valence-corrected chi connectivity index (χ0v) is 11.2. The number of aliphatic hydroxyl groups excluding tert-OH is 1. The number of aliphatic hydroxyl groups is 1. The lowest BCUT2D eigenvalue weighted by molar-refractivity contribution is 0.0260. The summed E-state index contributed by atoms with van der Waals surface area (Å²) in [5, 5.41) is 19.6. The Kier molecular flexibility index (Phi) is 3.17. The number of phenolic OH excluding ortho intramolecular Hbond substituents is 1. The van der Waals surface area contributed by atoms with Gasteiger partial charge in [-0.05, 0) is 37.5 Å². The van der Waals surface area contributed by atoms with E-state index >= 15 is 0 Å². The number of hydrogen-bond donors (Lipinski definition) is 2. The predicted octanol–water partition coefficient (Wildman–Crippen LogP) is 2.05. The molecular formula is C15H18FNO3. The van der Waals surface area contributed by atoms with Crippen molar-refractivity contribution in [2.24, 2.45) is 0 Å². The van der Waals surface area contributed by atoms with Crippen LogP contribution in [0.2, 0.25) is 0 Å². The number of carbonyl (C=O) groups excluding carboxylic acids is 1. The Hall–Kier alpha value is -1.62. The van der Waals surface area contributed by atoms with E-state index in [2.05, 4.69) is 0 Å². The molecule has 0 aromatic heterocycles. The van der Waals surface area contributed by atoms with Gasteiger partial charge in [0, 0.05) is 12.1 Å². The van der Waals surface area contributed by atoms with Crippen molar-refractivity contribution in [2.45, 2.75) is 43.7 Å². The van der Waals surface area contributed by atoms with Crippen LogP contribution < -0.4 is 0 Å². The van der Waals surface area contributed by atoms with Crippen molar-refractivity contribution in [3.05, 3.63) is 29.6 Å². The number of likely N-dealkylation sites (tertiary alicyclic amines) is 1. The predicted molar refractivity (Wildman–Crippen MR) is 70.9 cm³/mol. The zero-order chi connectivity index (χ0) is 14.3. The number of benzene rings is 1. The van der Waals surface area contributed by atoms with Crippen LogP contribution in [0.4, 0.5) is 4.39 Å². The van der Waals surface area contributed by atoms with Gasteiger partial charge in [0.25, 0.3) is 5.91 Å². The van der Waals surface area contributed by atoms with Crippen LogP contribution in [0.25, 0.3) is 0 Å². The van der Waals surface area contributed by atoms with Gasteiger partial charge < -0.3 is 15.1 Å². The summed E-state index contributed by atoms with van der Waals surface area (Å²) in [6.45, 7) is 0.512. The Morgan fingerprint density at radius 2 is 2.05 bits per heavy atom. The molecule has 1 aliphatic heterocycles. The second kappa shape index (κ2) is 4.74. The topological polar surface area (TPSA) is 60.8 Å². The molecule has 1 amide bonds. The maximum atomic E-state index is 13.1. The third kappa shape index (κ3) is 1.88. The minimum absolute atomic E-state index is 0.237. The first kappa shape index (κ1) is 13.4. The summed E-state index contributed by atoms with van der Waals surface area (Å²) in [7, 11) is 0. The lowest BCUT2D eigenvalue weighted by Crippen LogP contribution is -2.50. The maximum absolute atomic E-state index is 13.1. The molecule has 108 valence electrons. The van der Waals surface area contributed by atoms with Crippen LogP contribution in [0.15, 0.2) is 18.2 Å². The fourth-order valence-electron chi connectivity index (χ4n) is 3.62. The van der Waals surface area contributed by atoms with Crippen molar-refractivity contribution < 1.29 is 19.4 Å². The molecule has 4 nitrogen and oxygen atoms in total. The normalized spacial score (nSPS) is 24.5. The number of aromatic hydroxyl groups is 1. The van der Waals surface area contributed by atoms with E-state index in [0.717, 1.165) is 37.8 Å². The number of rotatable bonds is 1. The van der Waals surface area contributed by atoms with Gasteiger partial charge in [-0.3, -0.25) is 4.79 Å². The molecule has 5 heteroatoms. The van der Waals surface area contributed by atoms with Crippen molar-refractivity contribution in [3.63, 3.8) is 0 Å². The van der Waals surface area contributed by atoms with Crippen molar-refractivity contribution in [1.82, 2.24) is 4.90 Å². The van der Waals surface area contributed by atoms with E-state index in [-0.39, 0.29) is 11.5 Å². The van der Waals surface area contributed by atoms with Crippen LogP contribution in [-0.4, -0.2) is 39.2 Å². The summed E-state index contributed by atoms with van der Waals surface area (Å²) in [6, 6.07) is 3.63. The zero-order valence-electron chi connectivity index (χ0n) is 11.2. The van der Waals surface area contributed by atoms with Gasteiger partial charge in [-0.25, -0.2) is 4.39 Å². The van der Waals surface area contributed by atoms with E-state index in [0.29, 0.717) is 13.0 Å². The highest BCUT2D eigenvalue weighted by atomic mass is 19.1. The summed E-state index contributed by atoms with van der Waals surface area (Å²) < 4.78 is 13.1. The Bertz CT molecular complexity index is 540. The van der Waals surface area contributed by atoms with Crippen molar-refractivity contribution in [1.29, 1.82) is 0 Å². The van der Waals surface area contributed by atoms with Crippen molar-refractivity contribution in [3.8, 4) is 5.75 Å². The molecule has 1 spiro atoms. The van der Waals surface area contributed by atoms with E-state index in [4.69, 9.17) is 0 Å². The van der Waals surface area contributed by atoms with Gasteiger partial charge in [-0.1, -0.05) is 12.8 Å². The molecule has 0 bridgehead atoms. The highest BCUT2D eigenvalue weighted by Crippen LogP contribution is 2.44. The van der Waals surface area contributed by atoms with Gasteiger partial charge in [-0.15, -0.1) is 0 Å². The molecule has 1 saturated carbocycles. The molecule has 1 unspecified atom stereocenters. The number of carbonyl (C=O) groups is 1. The SMILES string of the molecule is O=C(c1ccc(F)c(O)c1)N1CCC(O)C12CCCC2. The van der Waals surface area contributed by atoms with Crippen molar-refractivity contribution in [2.75, 3.05) is 6.54 Å². The molecule has 20 heavy (non-hydrogen) atoms. The summed E-state index contributed by atoms with van der Waals surface area (Å²) >= 11 is 0. The highest BCUT2D eigenvalue weighted by molar-refractivity contribution is 5.95. The largest absolute Gasteiger partial charge is 0.505 e. The third-order valence-electron chi connectivity index (χ3n) is 4.69. The Labute approximate surface area is 116 Å². The lowest BCUT2D eigenvalue weighted by atomic mass is 9.91. The van der Waals surface area contributed by atoms with E-state index in [9.17, 15) is 19.4 Å². The molecule has 1 saturated heterocycles. The van der Waals surface area contributed by atoms with Crippen LogP contribution in [-0.2, 0) is 0 Å². The summed E-state index contributed by atoms with van der Waals surface area (Å²) in [6.07, 6.45) is 3.74. The first-order chi connectivity index (χ1) is 9.54. The Morgan fingerprint density at radius 1 is 1.35 bits per heavy atom. The fraction of sp³-hybridized carbons (Fsp3) is 0.533. The van der Waals surface area contributed by atoms with Crippen LogP contribution in [0, 0.1) is 5.82 Å². The lowest BCUT2D eigenvalue weighted by Gasteiger charge is -2.37. The molecule has 1 aromatic carbocycles. The number of hydrogen-bond acceptors (Lipinski definition) is 3. The number of nitrogens with zero attached hydrogens (tertiary/aromatic N) is 1. The van der Waals surface area contributed by atoms with E-state index < -0.39 is 23.2 Å². The van der Waals surface area contributed by atoms with Gasteiger partial charge in [0.2, 0.25) is 0 Å². The molecule has 0 radical (unpaired) electrons. The van der Waals surface area contributed by atoms with Gasteiger partial charge >= 0.3 is 0 Å². The summed E-state index contributed by atoms with van der Waals surface area (Å²) in [4.78, 5) is 14.3. The molecule has 1 aromatic rings. The number of phenols is 1. The minimum Gasteiger partial charge on any atom is -0.505 e. The molecule has 1 aliphatic carbocycles. The average Bonchev–Trinajstić information content (AvgIpc) is 3.03. The van der Waals surface area contributed by atoms with Gasteiger partial charge in [0.1, 0.15) is 0 Å². The first-order valence-corrected chi connectivity index (χ1v) is 7.03. The van der Waals surface area contributed by atoms with Gasteiger partial charge in [0.05, 0.1) is 11.6 Å². The molecule has 1 atom stereocenters. The third-order valence-corrected chi connectivity index (χ3v) is 4.69. The summed E-state index contributed by atoms with van der Waals surface area (Å²) in [5.41, 5.74) is -0.189. The summed E-state index contributed by atoms with van der Waals surface area (Å²) in [5.74, 6) is -1.49. The maximum Gasteiger partial charge on any atom is 0.254 e. The first-order valence-electron chi connectivity index (χ1n) is 7.03. The minimum atomic E-state index is -0.737. The quantitative estimate of drug-likeness (QED) is 0.827. The van der Waals surface area contributed by atoms with E-state index in [1.807, 2.05) is 0 Å². The van der Waals surface area contributed by atoms with Crippen LogP contribution in [0.5, 0.6) is 5.75 Å². The molecule has 2 fully saturated rings. The standard InChI is InChI=1S/C15H18FNO3/c16-11-4-3-10(9-12(11)18)14(20)17-8-5-13(19)15(17)6-1-2-7-15/h3-4,9,13,18-19H,1-2,5-8H2. The monoisotopic (exact) mass is 279 g/mol. The van der Waals surface area contributed by atoms with Crippen LogP contribution in [0.3, 0.4) is 0 Å². The Balaban J connectivity index is 1.91. The second-order valence-corrected chi connectivity index (χ2v) is 5.74. The second-order valence-electron chi connectivity index (χ2n) is 5.74. The molecule has 2 N–H and O–H groups in total. The molecular weight excluding hydrogens is 261 g/mol. The van der Waals surface area contributed by atoms with Crippen LogP contribution >= 0.6 is 0 Å².